The highest BCUT2D eigenvalue weighted by molar-refractivity contribution is 5.96. The maximum absolute atomic E-state index is 13.3. The Labute approximate surface area is 177 Å². The predicted octanol–water partition coefficient (Wildman–Crippen LogP) is 4.07. The van der Waals surface area contributed by atoms with Crippen molar-refractivity contribution in [2.45, 2.75) is 13.5 Å². The minimum Gasteiger partial charge on any atom is -0.313 e. The molecule has 0 radical (unpaired) electrons. The third-order valence-corrected chi connectivity index (χ3v) is 5.29. The van der Waals surface area contributed by atoms with Gasteiger partial charge in [0.25, 0.3) is 0 Å². The largest absolute Gasteiger partial charge is 0.313 e. The second-order valence-corrected chi connectivity index (χ2v) is 7.34. The van der Waals surface area contributed by atoms with Gasteiger partial charge in [-0.2, -0.15) is 5.10 Å². The van der Waals surface area contributed by atoms with Gasteiger partial charge in [-0.1, -0.05) is 24.3 Å². The molecule has 0 aliphatic carbocycles. The second kappa shape index (κ2) is 7.32. The minimum atomic E-state index is -0.292. The van der Waals surface area contributed by atoms with Crippen molar-refractivity contribution in [3.63, 3.8) is 0 Å². The number of rotatable bonds is 4. The molecule has 5 rings (SSSR count). The molecule has 154 valence electrons. The van der Waals surface area contributed by atoms with Gasteiger partial charge in [0.1, 0.15) is 12.4 Å². The summed E-state index contributed by atoms with van der Waals surface area (Å²) in [5.41, 5.74) is 4.85. The lowest BCUT2D eigenvalue weighted by Crippen LogP contribution is -2.21. The normalized spacial score (nSPS) is 11.3. The molecule has 3 heterocycles. The summed E-state index contributed by atoms with van der Waals surface area (Å²) in [6.07, 6.45) is 1.67. The molecule has 31 heavy (non-hydrogen) atoms. The van der Waals surface area contributed by atoms with Crippen LogP contribution in [0, 0.1) is 12.7 Å². The number of para-hydroxylation sites is 2. The van der Waals surface area contributed by atoms with Gasteiger partial charge >= 0.3 is 0 Å². The number of aromatic nitrogens is 5. The van der Waals surface area contributed by atoms with Crippen LogP contribution in [0.4, 0.5) is 10.3 Å². The number of imidazole rings is 1. The highest BCUT2D eigenvalue weighted by Crippen LogP contribution is 2.30. The Kier molecular flexibility index (Phi) is 4.47. The first-order valence-electron chi connectivity index (χ1n) is 9.80. The minimum absolute atomic E-state index is 0.00653. The number of carbonyl (C=O) groups is 1. The van der Waals surface area contributed by atoms with Crippen LogP contribution in [0.15, 0.2) is 60.8 Å². The van der Waals surface area contributed by atoms with Crippen LogP contribution in [0.2, 0.25) is 0 Å². The van der Waals surface area contributed by atoms with E-state index in [0.717, 1.165) is 33.2 Å². The lowest BCUT2D eigenvalue weighted by Gasteiger charge is -2.07. The average molecular weight is 414 g/mol. The standard InChI is InChI=1S/C23H19FN6O/c1-14-21-17(15-7-9-16(24)10-8-15)11-12-25-22(21)30(28-14)13-20(31)27-23-26-18-5-3-4-6-19(18)29(23)2/h3-12H,13H2,1-2H3,(H,26,27,31). The summed E-state index contributed by atoms with van der Waals surface area (Å²) < 4.78 is 16.8. The van der Waals surface area contributed by atoms with Crippen LogP contribution in [0.3, 0.4) is 0 Å². The van der Waals surface area contributed by atoms with Gasteiger partial charge in [-0.15, -0.1) is 0 Å². The van der Waals surface area contributed by atoms with E-state index >= 15 is 0 Å². The summed E-state index contributed by atoms with van der Waals surface area (Å²) in [6, 6.07) is 15.8. The summed E-state index contributed by atoms with van der Waals surface area (Å²) >= 11 is 0. The summed E-state index contributed by atoms with van der Waals surface area (Å²) in [6.45, 7) is 1.87. The molecule has 1 amide bonds. The fraction of sp³-hybridized carbons (Fsp3) is 0.130. The fourth-order valence-electron chi connectivity index (χ4n) is 3.82. The van der Waals surface area contributed by atoms with E-state index in [9.17, 15) is 9.18 Å². The SMILES string of the molecule is Cc1nn(CC(=O)Nc2nc3ccccc3n2C)c2nccc(-c3ccc(F)cc3)c12. The van der Waals surface area contributed by atoms with Crippen molar-refractivity contribution < 1.29 is 9.18 Å². The molecular weight excluding hydrogens is 395 g/mol. The van der Waals surface area contributed by atoms with E-state index in [1.54, 1.807) is 23.0 Å². The van der Waals surface area contributed by atoms with Gasteiger partial charge in [0, 0.05) is 18.6 Å². The Balaban J connectivity index is 1.46. The molecule has 8 heteroatoms. The Morgan fingerprint density at radius 1 is 1.10 bits per heavy atom. The number of benzene rings is 2. The van der Waals surface area contributed by atoms with Crippen LogP contribution < -0.4 is 5.32 Å². The molecule has 0 spiro atoms. The molecule has 0 atom stereocenters. The van der Waals surface area contributed by atoms with Gasteiger partial charge in [0.2, 0.25) is 11.9 Å². The van der Waals surface area contributed by atoms with Crippen LogP contribution in [0.25, 0.3) is 33.2 Å². The number of anilines is 1. The van der Waals surface area contributed by atoms with Crippen molar-refractivity contribution >= 4 is 33.9 Å². The molecule has 0 bridgehead atoms. The lowest BCUT2D eigenvalue weighted by molar-refractivity contribution is -0.116. The number of fused-ring (bicyclic) bond motifs is 2. The maximum atomic E-state index is 13.3. The fourth-order valence-corrected chi connectivity index (χ4v) is 3.82. The number of hydrogen-bond donors (Lipinski definition) is 1. The molecular formula is C23H19FN6O. The van der Waals surface area contributed by atoms with E-state index < -0.39 is 0 Å². The quantitative estimate of drug-likeness (QED) is 0.481. The molecule has 0 saturated heterocycles. The first-order valence-corrected chi connectivity index (χ1v) is 9.80. The van der Waals surface area contributed by atoms with Crippen molar-refractivity contribution in [3.05, 3.63) is 72.3 Å². The van der Waals surface area contributed by atoms with E-state index in [1.165, 1.54) is 12.1 Å². The lowest BCUT2D eigenvalue weighted by atomic mass is 10.0. The molecule has 3 aromatic heterocycles. The zero-order chi connectivity index (χ0) is 21.5. The Bertz CT molecular complexity index is 1430. The van der Waals surface area contributed by atoms with Gasteiger partial charge in [-0.3, -0.25) is 10.1 Å². The smallest absolute Gasteiger partial charge is 0.248 e. The number of aryl methyl sites for hydroxylation is 2. The topological polar surface area (TPSA) is 77.6 Å². The van der Waals surface area contributed by atoms with Crippen molar-refractivity contribution in [1.29, 1.82) is 0 Å². The van der Waals surface area contributed by atoms with Gasteiger partial charge in [-0.25, -0.2) is 19.0 Å². The number of hydrogen-bond acceptors (Lipinski definition) is 4. The predicted molar refractivity (Wildman–Crippen MR) is 117 cm³/mol. The van der Waals surface area contributed by atoms with E-state index in [-0.39, 0.29) is 18.3 Å². The Morgan fingerprint density at radius 2 is 1.87 bits per heavy atom. The van der Waals surface area contributed by atoms with Gasteiger partial charge < -0.3 is 4.57 Å². The average Bonchev–Trinajstić information content (AvgIpc) is 3.25. The van der Waals surface area contributed by atoms with Gasteiger partial charge in [0.05, 0.1) is 16.7 Å². The number of nitrogens with one attached hydrogen (secondary N) is 1. The number of carbonyl (C=O) groups excluding carboxylic acids is 1. The van der Waals surface area contributed by atoms with Crippen LogP contribution in [0.5, 0.6) is 0 Å². The highest BCUT2D eigenvalue weighted by Gasteiger charge is 2.17. The second-order valence-electron chi connectivity index (χ2n) is 7.34. The van der Waals surface area contributed by atoms with Crippen molar-refractivity contribution in [2.24, 2.45) is 7.05 Å². The maximum Gasteiger partial charge on any atom is 0.248 e. The van der Waals surface area contributed by atoms with Crippen LogP contribution in [0.1, 0.15) is 5.69 Å². The summed E-state index contributed by atoms with van der Waals surface area (Å²) in [5, 5.41) is 8.23. The van der Waals surface area contributed by atoms with E-state index in [0.29, 0.717) is 11.6 Å². The molecule has 0 unspecified atom stereocenters. The molecule has 7 nitrogen and oxygen atoms in total. The zero-order valence-corrected chi connectivity index (χ0v) is 17.0. The monoisotopic (exact) mass is 414 g/mol. The molecule has 0 aliphatic rings. The summed E-state index contributed by atoms with van der Waals surface area (Å²) in [5.74, 6) is -0.0729. The van der Waals surface area contributed by atoms with E-state index in [1.807, 2.05) is 48.9 Å². The molecule has 5 aromatic rings. The van der Waals surface area contributed by atoms with Crippen LogP contribution in [-0.2, 0) is 18.4 Å². The van der Waals surface area contributed by atoms with Gasteiger partial charge in [-0.05, 0) is 48.4 Å². The number of pyridine rings is 1. The van der Waals surface area contributed by atoms with E-state index in [2.05, 4.69) is 20.4 Å². The number of nitrogens with zero attached hydrogens (tertiary/aromatic N) is 5. The van der Waals surface area contributed by atoms with E-state index in [4.69, 9.17) is 0 Å². The summed E-state index contributed by atoms with van der Waals surface area (Å²) in [7, 11) is 1.86. The number of amides is 1. The molecule has 0 aliphatic heterocycles. The Morgan fingerprint density at radius 3 is 2.65 bits per heavy atom. The molecule has 0 fully saturated rings. The zero-order valence-electron chi connectivity index (χ0n) is 17.0. The first kappa shape index (κ1) is 18.9. The molecule has 0 saturated carbocycles. The first-order chi connectivity index (χ1) is 15.0. The van der Waals surface area contributed by atoms with Crippen molar-refractivity contribution in [3.8, 4) is 11.1 Å². The van der Waals surface area contributed by atoms with Gasteiger partial charge in [0.15, 0.2) is 5.65 Å². The van der Waals surface area contributed by atoms with Crippen molar-refractivity contribution in [2.75, 3.05) is 5.32 Å². The Hall–Kier alpha value is -4.07. The molecule has 2 aromatic carbocycles. The third-order valence-electron chi connectivity index (χ3n) is 5.29. The molecule has 1 N–H and O–H groups in total. The third kappa shape index (κ3) is 3.31. The summed E-state index contributed by atoms with van der Waals surface area (Å²) in [4.78, 5) is 21.7. The van der Waals surface area contributed by atoms with Crippen LogP contribution >= 0.6 is 0 Å². The highest BCUT2D eigenvalue weighted by atomic mass is 19.1. The number of halogens is 1. The van der Waals surface area contributed by atoms with Crippen molar-refractivity contribution in [1.82, 2.24) is 24.3 Å². The van der Waals surface area contributed by atoms with Crippen LogP contribution in [-0.4, -0.2) is 30.2 Å².